The molecular formula is C23H22Cl2N2O4S. The summed E-state index contributed by atoms with van der Waals surface area (Å²) in [5.74, 6) is 0.862. The van der Waals surface area contributed by atoms with Crippen LogP contribution in [0.1, 0.15) is 21.5 Å². The highest BCUT2D eigenvalue weighted by Crippen LogP contribution is 2.26. The summed E-state index contributed by atoms with van der Waals surface area (Å²) in [7, 11) is -3.32. The van der Waals surface area contributed by atoms with E-state index in [1.165, 1.54) is 0 Å². The Hall–Kier alpha value is -2.58. The quantitative estimate of drug-likeness (QED) is 0.448. The van der Waals surface area contributed by atoms with Crippen molar-refractivity contribution in [1.29, 1.82) is 0 Å². The maximum Gasteiger partial charge on any atom is 0.251 e. The lowest BCUT2D eigenvalue weighted by Crippen LogP contribution is -2.25. The molecule has 0 spiro atoms. The summed E-state index contributed by atoms with van der Waals surface area (Å²) in [6, 6.07) is 19.2. The minimum absolute atomic E-state index is 0.119. The summed E-state index contributed by atoms with van der Waals surface area (Å²) < 4.78 is 31.0. The van der Waals surface area contributed by atoms with Crippen LogP contribution in [0.5, 0.6) is 11.5 Å². The Balaban J connectivity index is 1.57. The van der Waals surface area contributed by atoms with E-state index in [-0.39, 0.29) is 12.5 Å². The molecule has 0 unspecified atom stereocenters. The first-order chi connectivity index (χ1) is 15.2. The van der Waals surface area contributed by atoms with E-state index >= 15 is 0 Å². The molecule has 3 aromatic rings. The molecule has 0 radical (unpaired) electrons. The second-order valence-electron chi connectivity index (χ2n) is 7.08. The highest BCUT2D eigenvalue weighted by atomic mass is 35.5. The molecule has 0 saturated heterocycles. The number of hydrogen-bond donors (Lipinski definition) is 2. The molecule has 6 nitrogen and oxygen atoms in total. The van der Waals surface area contributed by atoms with Crippen LogP contribution in [0, 0.1) is 0 Å². The SMILES string of the molecule is CS(=O)(=O)NCc1ccccc1Oc1ccc(C(=O)NCCc2ccc(Cl)c(Cl)c2)cc1. The number of carbonyl (C=O) groups excluding carboxylic acids is 1. The predicted octanol–water partition coefficient (Wildman–Crippen LogP) is 4.81. The average molecular weight is 493 g/mol. The number of ether oxygens (including phenoxy) is 1. The molecule has 3 rings (SSSR count). The zero-order valence-electron chi connectivity index (χ0n) is 17.3. The number of para-hydroxylation sites is 1. The van der Waals surface area contributed by atoms with Gasteiger partial charge in [-0.3, -0.25) is 4.79 Å². The van der Waals surface area contributed by atoms with E-state index in [1.54, 1.807) is 60.7 Å². The van der Waals surface area contributed by atoms with Crippen molar-refractivity contribution in [2.24, 2.45) is 0 Å². The number of rotatable bonds is 9. The van der Waals surface area contributed by atoms with Crippen molar-refractivity contribution in [3.8, 4) is 11.5 Å². The smallest absolute Gasteiger partial charge is 0.251 e. The Bertz CT molecular complexity index is 1200. The minimum Gasteiger partial charge on any atom is -0.457 e. The molecule has 0 aromatic heterocycles. The van der Waals surface area contributed by atoms with E-state index in [9.17, 15) is 13.2 Å². The lowest BCUT2D eigenvalue weighted by molar-refractivity contribution is 0.0954. The first-order valence-electron chi connectivity index (χ1n) is 9.74. The number of sulfonamides is 1. The first-order valence-corrected chi connectivity index (χ1v) is 12.4. The fourth-order valence-electron chi connectivity index (χ4n) is 2.88. The summed E-state index contributed by atoms with van der Waals surface area (Å²) in [6.07, 6.45) is 1.73. The van der Waals surface area contributed by atoms with Crippen molar-refractivity contribution >= 4 is 39.1 Å². The number of hydrogen-bond acceptors (Lipinski definition) is 4. The van der Waals surface area contributed by atoms with Crippen LogP contribution < -0.4 is 14.8 Å². The molecule has 2 N–H and O–H groups in total. The van der Waals surface area contributed by atoms with E-state index in [4.69, 9.17) is 27.9 Å². The van der Waals surface area contributed by atoms with E-state index in [1.807, 2.05) is 6.07 Å². The third-order valence-electron chi connectivity index (χ3n) is 4.52. The third kappa shape index (κ3) is 7.24. The number of benzene rings is 3. The highest BCUT2D eigenvalue weighted by Gasteiger charge is 2.09. The van der Waals surface area contributed by atoms with Gasteiger partial charge >= 0.3 is 0 Å². The first kappa shape index (κ1) is 24.1. The van der Waals surface area contributed by atoms with Gasteiger partial charge in [-0.15, -0.1) is 0 Å². The third-order valence-corrected chi connectivity index (χ3v) is 5.93. The molecular weight excluding hydrogens is 471 g/mol. The fraction of sp³-hybridized carbons (Fsp3) is 0.174. The van der Waals surface area contributed by atoms with Gasteiger partial charge in [0.15, 0.2) is 0 Å². The van der Waals surface area contributed by atoms with Crippen molar-refractivity contribution in [3.05, 3.63) is 93.5 Å². The van der Waals surface area contributed by atoms with E-state index in [2.05, 4.69) is 10.0 Å². The molecule has 9 heteroatoms. The van der Waals surface area contributed by atoms with Crippen molar-refractivity contribution in [2.45, 2.75) is 13.0 Å². The van der Waals surface area contributed by atoms with Crippen LogP contribution in [0.4, 0.5) is 0 Å². The maximum absolute atomic E-state index is 12.4. The molecule has 0 saturated carbocycles. The van der Waals surface area contributed by atoms with Crippen LogP contribution in [0.15, 0.2) is 66.7 Å². The molecule has 0 fully saturated rings. The fourth-order valence-corrected chi connectivity index (χ4v) is 3.62. The van der Waals surface area contributed by atoms with Crippen LogP contribution >= 0.6 is 23.2 Å². The largest absolute Gasteiger partial charge is 0.457 e. The van der Waals surface area contributed by atoms with Crippen LogP contribution in [0.2, 0.25) is 10.0 Å². The van der Waals surface area contributed by atoms with Crippen molar-refractivity contribution in [2.75, 3.05) is 12.8 Å². The molecule has 0 aliphatic heterocycles. The molecule has 168 valence electrons. The summed E-state index contributed by atoms with van der Waals surface area (Å²) in [4.78, 5) is 12.4. The molecule has 0 atom stereocenters. The van der Waals surface area contributed by atoms with E-state index in [0.29, 0.717) is 45.6 Å². The van der Waals surface area contributed by atoms with Gasteiger partial charge in [-0.1, -0.05) is 47.5 Å². The van der Waals surface area contributed by atoms with Gasteiger partial charge in [0.1, 0.15) is 11.5 Å². The molecule has 0 bridgehead atoms. The zero-order valence-corrected chi connectivity index (χ0v) is 19.6. The highest BCUT2D eigenvalue weighted by molar-refractivity contribution is 7.88. The van der Waals surface area contributed by atoms with Crippen LogP contribution in [-0.4, -0.2) is 27.1 Å². The summed E-state index contributed by atoms with van der Waals surface area (Å²) in [5.41, 5.74) is 2.17. The summed E-state index contributed by atoms with van der Waals surface area (Å²) >= 11 is 11.9. The van der Waals surface area contributed by atoms with Gasteiger partial charge in [-0.25, -0.2) is 13.1 Å². The lowest BCUT2D eigenvalue weighted by atomic mass is 10.1. The topological polar surface area (TPSA) is 84.5 Å². The monoisotopic (exact) mass is 492 g/mol. The standard InChI is InChI=1S/C23H22Cl2N2O4S/c1-32(29,30)27-15-18-4-2-3-5-22(18)31-19-9-7-17(8-10-19)23(28)26-13-12-16-6-11-20(24)21(25)14-16/h2-11,14,27H,12-13,15H2,1H3,(H,26,28). The Morgan fingerprint density at radius 2 is 1.69 bits per heavy atom. The maximum atomic E-state index is 12.4. The number of nitrogens with one attached hydrogen (secondary N) is 2. The molecule has 32 heavy (non-hydrogen) atoms. The van der Waals surface area contributed by atoms with Gasteiger partial charge in [0.2, 0.25) is 10.0 Å². The van der Waals surface area contributed by atoms with Gasteiger partial charge in [0.25, 0.3) is 5.91 Å². The Morgan fingerprint density at radius 3 is 2.38 bits per heavy atom. The Morgan fingerprint density at radius 1 is 0.969 bits per heavy atom. The van der Waals surface area contributed by atoms with Crippen LogP contribution in [-0.2, 0) is 23.0 Å². The van der Waals surface area contributed by atoms with Gasteiger partial charge in [0.05, 0.1) is 16.3 Å². The predicted molar refractivity (Wildman–Crippen MR) is 127 cm³/mol. The zero-order chi connectivity index (χ0) is 23.1. The van der Waals surface area contributed by atoms with Crippen molar-refractivity contribution in [3.63, 3.8) is 0 Å². The number of carbonyl (C=O) groups is 1. The Labute approximate surface area is 197 Å². The van der Waals surface area contributed by atoms with Gasteiger partial charge < -0.3 is 10.1 Å². The molecule has 0 aliphatic carbocycles. The lowest BCUT2D eigenvalue weighted by Gasteiger charge is -2.12. The average Bonchev–Trinajstić information content (AvgIpc) is 2.75. The van der Waals surface area contributed by atoms with Crippen molar-refractivity contribution in [1.82, 2.24) is 10.0 Å². The second kappa shape index (κ2) is 10.8. The van der Waals surface area contributed by atoms with Gasteiger partial charge in [-0.2, -0.15) is 0 Å². The number of amides is 1. The molecule has 3 aromatic carbocycles. The second-order valence-corrected chi connectivity index (χ2v) is 9.73. The molecule has 0 heterocycles. The van der Waals surface area contributed by atoms with Gasteiger partial charge in [-0.05, 0) is 54.4 Å². The summed E-state index contributed by atoms with van der Waals surface area (Å²) in [6.45, 7) is 0.573. The van der Waals surface area contributed by atoms with Crippen LogP contribution in [0.25, 0.3) is 0 Å². The van der Waals surface area contributed by atoms with Crippen LogP contribution in [0.3, 0.4) is 0 Å². The summed E-state index contributed by atoms with van der Waals surface area (Å²) in [5, 5.41) is 3.85. The minimum atomic E-state index is -3.32. The van der Waals surface area contributed by atoms with Gasteiger partial charge in [0, 0.05) is 24.2 Å². The van der Waals surface area contributed by atoms with E-state index in [0.717, 1.165) is 11.8 Å². The Kier molecular flexibility index (Phi) is 8.15. The number of halogens is 2. The van der Waals surface area contributed by atoms with Crippen molar-refractivity contribution < 1.29 is 17.9 Å². The molecule has 0 aliphatic rings. The molecule has 1 amide bonds. The van der Waals surface area contributed by atoms with E-state index < -0.39 is 10.0 Å². The normalized spacial score (nSPS) is 11.2.